The number of aryl methyl sites for hydroxylation is 2. The fourth-order valence-corrected chi connectivity index (χ4v) is 3.21. The van der Waals surface area contributed by atoms with E-state index in [0.717, 1.165) is 17.1 Å². The monoisotopic (exact) mass is 328 g/mol. The lowest BCUT2D eigenvalue weighted by Gasteiger charge is -2.20. The molecule has 0 aliphatic carbocycles. The molecule has 1 unspecified atom stereocenters. The van der Waals surface area contributed by atoms with Gasteiger partial charge >= 0.3 is 0 Å². The van der Waals surface area contributed by atoms with Crippen LogP contribution in [0.3, 0.4) is 0 Å². The molecule has 0 saturated heterocycles. The molecule has 0 aliphatic heterocycles. The Morgan fingerprint density at radius 3 is 2.78 bits per heavy atom. The van der Waals surface area contributed by atoms with Gasteiger partial charge in [0, 0.05) is 23.2 Å². The molecule has 2 aromatic heterocycles. The summed E-state index contributed by atoms with van der Waals surface area (Å²) in [6.45, 7) is 6.95. The first kappa shape index (κ1) is 15.8. The Labute approximate surface area is 140 Å². The molecule has 0 saturated carbocycles. The molecule has 0 fully saturated rings. The third-order valence-electron chi connectivity index (χ3n) is 3.80. The second-order valence-electron chi connectivity index (χ2n) is 5.75. The number of benzene rings is 1. The summed E-state index contributed by atoms with van der Waals surface area (Å²) in [5, 5.41) is 9.49. The Balaban J connectivity index is 1.74. The van der Waals surface area contributed by atoms with Gasteiger partial charge in [-0.15, -0.1) is 21.5 Å². The topological polar surface area (TPSA) is 55.1 Å². The number of nitrogens with zero attached hydrogens (tertiary/aromatic N) is 4. The number of thiazole rings is 1. The molecule has 3 rings (SSSR count). The van der Waals surface area contributed by atoms with Crippen LogP contribution in [0.2, 0.25) is 0 Å². The molecule has 120 valence electrons. The third-order valence-corrected chi connectivity index (χ3v) is 4.70. The fourth-order valence-electron chi connectivity index (χ4n) is 2.35. The van der Waals surface area contributed by atoms with Crippen LogP contribution < -0.4 is 0 Å². The van der Waals surface area contributed by atoms with Crippen molar-refractivity contribution >= 4 is 11.3 Å². The number of hydrogen-bond acceptors (Lipinski definition) is 6. The van der Waals surface area contributed by atoms with Crippen molar-refractivity contribution in [2.24, 2.45) is 0 Å². The average Bonchev–Trinajstić information content (AvgIpc) is 3.16. The smallest absolute Gasteiger partial charge is 0.247 e. The SMILES string of the molecule is Cc1cccc(-c2nnc(C(C)N(C)Cc3cnc(C)s3)o2)c1. The van der Waals surface area contributed by atoms with Crippen molar-refractivity contribution in [2.75, 3.05) is 7.05 Å². The van der Waals surface area contributed by atoms with Crippen LogP contribution in [-0.2, 0) is 6.54 Å². The molecule has 0 amide bonds. The Bertz CT molecular complexity index is 795. The van der Waals surface area contributed by atoms with Gasteiger partial charge in [-0.1, -0.05) is 17.7 Å². The predicted octanol–water partition coefficient (Wildman–Crippen LogP) is 4.00. The zero-order chi connectivity index (χ0) is 16.4. The number of hydrogen-bond donors (Lipinski definition) is 0. The van der Waals surface area contributed by atoms with Gasteiger partial charge < -0.3 is 4.42 Å². The quantitative estimate of drug-likeness (QED) is 0.708. The average molecular weight is 328 g/mol. The van der Waals surface area contributed by atoms with Crippen LogP contribution >= 0.6 is 11.3 Å². The molecule has 3 aromatic rings. The Morgan fingerprint density at radius 1 is 1.26 bits per heavy atom. The molecule has 2 heterocycles. The zero-order valence-electron chi connectivity index (χ0n) is 13.8. The van der Waals surface area contributed by atoms with Crippen molar-refractivity contribution in [3.05, 3.63) is 51.8 Å². The van der Waals surface area contributed by atoms with Crippen molar-refractivity contribution in [3.63, 3.8) is 0 Å². The molecule has 5 nitrogen and oxygen atoms in total. The highest BCUT2D eigenvalue weighted by atomic mass is 32.1. The van der Waals surface area contributed by atoms with Crippen molar-refractivity contribution < 1.29 is 4.42 Å². The van der Waals surface area contributed by atoms with Crippen molar-refractivity contribution in [2.45, 2.75) is 33.4 Å². The van der Waals surface area contributed by atoms with Crippen molar-refractivity contribution in [1.29, 1.82) is 0 Å². The van der Waals surface area contributed by atoms with Gasteiger partial charge in [-0.05, 0) is 40.0 Å². The lowest BCUT2D eigenvalue weighted by Crippen LogP contribution is -2.21. The summed E-state index contributed by atoms with van der Waals surface area (Å²) in [6.07, 6.45) is 1.93. The lowest BCUT2D eigenvalue weighted by atomic mass is 10.1. The van der Waals surface area contributed by atoms with Crippen LogP contribution in [0.1, 0.15) is 34.3 Å². The molecule has 6 heteroatoms. The summed E-state index contributed by atoms with van der Waals surface area (Å²) in [7, 11) is 2.05. The summed E-state index contributed by atoms with van der Waals surface area (Å²) >= 11 is 1.71. The van der Waals surface area contributed by atoms with Crippen molar-refractivity contribution in [1.82, 2.24) is 20.1 Å². The highest BCUT2D eigenvalue weighted by Gasteiger charge is 2.19. The minimum absolute atomic E-state index is 0.0449. The molecular formula is C17H20N4OS. The first-order valence-corrected chi connectivity index (χ1v) is 8.36. The van der Waals surface area contributed by atoms with E-state index < -0.39 is 0 Å². The highest BCUT2D eigenvalue weighted by molar-refractivity contribution is 7.11. The largest absolute Gasteiger partial charge is 0.419 e. The van der Waals surface area contributed by atoms with Gasteiger partial charge in [-0.2, -0.15) is 0 Å². The Morgan fingerprint density at radius 2 is 2.09 bits per heavy atom. The van der Waals surface area contributed by atoms with Crippen LogP contribution in [0.4, 0.5) is 0 Å². The molecule has 1 atom stereocenters. The molecule has 0 radical (unpaired) electrons. The van der Waals surface area contributed by atoms with Gasteiger partial charge in [0.1, 0.15) is 0 Å². The van der Waals surface area contributed by atoms with E-state index in [0.29, 0.717) is 11.8 Å². The number of aromatic nitrogens is 3. The standard InChI is InChI=1S/C17H20N4OS/c1-11-6-5-7-14(8-11)17-20-19-16(22-17)12(2)21(4)10-15-9-18-13(3)23-15/h5-9,12H,10H2,1-4H3. The lowest BCUT2D eigenvalue weighted by molar-refractivity contribution is 0.219. The molecule has 0 bridgehead atoms. The van der Waals surface area contributed by atoms with E-state index in [2.05, 4.69) is 34.1 Å². The van der Waals surface area contributed by atoms with Crippen LogP contribution in [0, 0.1) is 13.8 Å². The molecule has 0 N–H and O–H groups in total. The van der Waals surface area contributed by atoms with E-state index in [4.69, 9.17) is 4.42 Å². The van der Waals surface area contributed by atoms with E-state index in [1.54, 1.807) is 11.3 Å². The molecule has 0 aliphatic rings. The van der Waals surface area contributed by atoms with Crippen molar-refractivity contribution in [3.8, 4) is 11.5 Å². The predicted molar refractivity (Wildman–Crippen MR) is 91.2 cm³/mol. The second kappa shape index (κ2) is 6.60. The maximum Gasteiger partial charge on any atom is 0.247 e. The van der Waals surface area contributed by atoms with Crippen LogP contribution in [0.5, 0.6) is 0 Å². The third kappa shape index (κ3) is 3.65. The summed E-state index contributed by atoms with van der Waals surface area (Å²) in [6, 6.07) is 8.12. The summed E-state index contributed by atoms with van der Waals surface area (Å²) in [4.78, 5) is 7.71. The van der Waals surface area contributed by atoms with E-state index >= 15 is 0 Å². The first-order valence-electron chi connectivity index (χ1n) is 7.55. The van der Waals surface area contributed by atoms with Gasteiger partial charge in [-0.3, -0.25) is 4.90 Å². The van der Waals surface area contributed by atoms with E-state index in [-0.39, 0.29) is 6.04 Å². The number of rotatable bonds is 5. The minimum Gasteiger partial charge on any atom is -0.419 e. The minimum atomic E-state index is 0.0449. The Hall–Kier alpha value is -2.05. The van der Waals surface area contributed by atoms with Crippen LogP contribution in [0.15, 0.2) is 34.9 Å². The van der Waals surface area contributed by atoms with Gasteiger partial charge in [0.05, 0.1) is 11.0 Å². The molecule has 1 aromatic carbocycles. The zero-order valence-corrected chi connectivity index (χ0v) is 14.6. The van der Waals surface area contributed by atoms with Crippen LogP contribution in [-0.4, -0.2) is 27.1 Å². The van der Waals surface area contributed by atoms with E-state index in [1.807, 2.05) is 44.3 Å². The normalized spacial score (nSPS) is 12.7. The summed E-state index contributed by atoms with van der Waals surface area (Å²) in [5.74, 6) is 1.20. The Kier molecular flexibility index (Phi) is 4.54. The molecule has 0 spiro atoms. The van der Waals surface area contributed by atoms with E-state index in [1.165, 1.54) is 10.4 Å². The van der Waals surface area contributed by atoms with Gasteiger partial charge in [-0.25, -0.2) is 4.98 Å². The second-order valence-corrected chi connectivity index (χ2v) is 7.07. The van der Waals surface area contributed by atoms with Crippen LogP contribution in [0.25, 0.3) is 11.5 Å². The maximum atomic E-state index is 5.87. The first-order chi connectivity index (χ1) is 11.0. The van der Waals surface area contributed by atoms with Gasteiger partial charge in [0.15, 0.2) is 0 Å². The summed E-state index contributed by atoms with van der Waals surface area (Å²) in [5.41, 5.74) is 2.13. The van der Waals surface area contributed by atoms with Gasteiger partial charge in [0.2, 0.25) is 11.8 Å². The highest BCUT2D eigenvalue weighted by Crippen LogP contribution is 2.25. The van der Waals surface area contributed by atoms with E-state index in [9.17, 15) is 0 Å². The molecule has 23 heavy (non-hydrogen) atoms. The fraction of sp³-hybridized carbons (Fsp3) is 0.353. The summed E-state index contributed by atoms with van der Waals surface area (Å²) < 4.78 is 5.87. The molecular weight excluding hydrogens is 308 g/mol. The van der Waals surface area contributed by atoms with Gasteiger partial charge in [0.25, 0.3) is 0 Å². The maximum absolute atomic E-state index is 5.87.